The maximum atomic E-state index is 13.2. The summed E-state index contributed by atoms with van der Waals surface area (Å²) < 4.78 is 0.853. The van der Waals surface area contributed by atoms with Crippen LogP contribution in [0, 0.1) is 5.41 Å². The maximum Gasteiger partial charge on any atom is 0.232 e. The molecule has 2 aromatic rings. The van der Waals surface area contributed by atoms with Gasteiger partial charge in [-0.15, -0.1) is 0 Å². The van der Waals surface area contributed by atoms with E-state index in [0.29, 0.717) is 23.6 Å². The van der Waals surface area contributed by atoms with Crippen LogP contribution in [0.15, 0.2) is 50.8 Å². The average Bonchev–Trinajstić information content (AvgIpc) is 3.08. The Morgan fingerprint density at radius 3 is 2.67 bits per heavy atom. The van der Waals surface area contributed by atoms with Gasteiger partial charge in [0.1, 0.15) is 0 Å². The first-order valence-electron chi connectivity index (χ1n) is 8.83. The first-order valence-corrected chi connectivity index (χ1v) is 10.9. The number of halogens is 2. The number of hydrogen-bond donors (Lipinski definition) is 0. The molecule has 1 amide bonds. The second-order valence-electron chi connectivity index (χ2n) is 7.94. The molecule has 1 aromatic carbocycles. The quantitative estimate of drug-likeness (QED) is 0.521. The molecule has 0 radical (unpaired) electrons. The minimum Gasteiger partial charge on any atom is -0.294 e. The summed E-state index contributed by atoms with van der Waals surface area (Å²) in [5, 5.41) is 4.53. The molecule has 0 N–H and O–H groups in total. The van der Waals surface area contributed by atoms with Gasteiger partial charge in [-0.05, 0) is 52.4 Å². The van der Waals surface area contributed by atoms with E-state index in [4.69, 9.17) is 11.6 Å². The highest BCUT2D eigenvalue weighted by Crippen LogP contribution is 2.49. The van der Waals surface area contributed by atoms with E-state index in [1.54, 1.807) is 22.3 Å². The predicted molar refractivity (Wildman–Crippen MR) is 113 cm³/mol. The predicted octanol–water partition coefficient (Wildman–Crippen LogP) is 6.33. The number of Topliss-reactive ketones (excluding diaryl/α,β-unsaturated/α-hetero) is 1. The number of anilines is 1. The SMILES string of the molecule is CC1(C)CC(=O)C2=C(C1)N(c1ccc(Br)cc1Cl)C(=O)CC2c1ccsc1. The summed E-state index contributed by atoms with van der Waals surface area (Å²) in [6, 6.07) is 7.51. The molecule has 1 unspecified atom stereocenters. The number of ketones is 1. The number of hydrogen-bond acceptors (Lipinski definition) is 3. The van der Waals surface area contributed by atoms with E-state index in [2.05, 4.69) is 29.8 Å². The van der Waals surface area contributed by atoms with Gasteiger partial charge >= 0.3 is 0 Å². The summed E-state index contributed by atoms with van der Waals surface area (Å²) >= 11 is 11.5. The van der Waals surface area contributed by atoms with Crippen LogP contribution >= 0.6 is 38.9 Å². The summed E-state index contributed by atoms with van der Waals surface area (Å²) in [7, 11) is 0. The van der Waals surface area contributed by atoms with Crippen molar-refractivity contribution in [3.8, 4) is 0 Å². The van der Waals surface area contributed by atoms with Gasteiger partial charge in [-0.2, -0.15) is 11.3 Å². The minimum atomic E-state index is -0.188. The van der Waals surface area contributed by atoms with E-state index >= 15 is 0 Å². The number of carbonyl (C=O) groups is 2. The van der Waals surface area contributed by atoms with E-state index in [0.717, 1.165) is 21.3 Å². The molecule has 1 atom stereocenters. The van der Waals surface area contributed by atoms with Gasteiger partial charge in [-0.25, -0.2) is 0 Å². The highest BCUT2D eigenvalue weighted by molar-refractivity contribution is 9.10. The normalized spacial score (nSPS) is 22.2. The van der Waals surface area contributed by atoms with Gasteiger partial charge < -0.3 is 0 Å². The lowest BCUT2D eigenvalue weighted by molar-refractivity contribution is -0.121. The summed E-state index contributed by atoms with van der Waals surface area (Å²) in [5.74, 6) is -0.0318. The van der Waals surface area contributed by atoms with E-state index in [-0.39, 0.29) is 29.4 Å². The van der Waals surface area contributed by atoms with Crippen LogP contribution in [-0.2, 0) is 9.59 Å². The van der Waals surface area contributed by atoms with E-state index in [1.807, 2.05) is 29.0 Å². The molecule has 6 heteroatoms. The van der Waals surface area contributed by atoms with Crippen LogP contribution < -0.4 is 4.90 Å². The maximum absolute atomic E-state index is 13.2. The molecule has 0 fully saturated rings. The molecule has 27 heavy (non-hydrogen) atoms. The molecule has 3 nitrogen and oxygen atoms in total. The minimum absolute atomic E-state index is 0.0142. The average molecular weight is 465 g/mol. The molecular formula is C21H19BrClNO2S. The van der Waals surface area contributed by atoms with Crippen LogP contribution in [0.5, 0.6) is 0 Å². The summed E-state index contributed by atoms with van der Waals surface area (Å²) in [6.07, 6.45) is 1.46. The number of nitrogens with zero attached hydrogens (tertiary/aromatic N) is 1. The van der Waals surface area contributed by atoms with Crippen molar-refractivity contribution in [2.45, 2.75) is 39.0 Å². The zero-order chi connectivity index (χ0) is 19.3. The fraction of sp³-hybridized carbons (Fsp3) is 0.333. The Hall–Kier alpha value is -1.43. The molecular weight excluding hydrogens is 446 g/mol. The lowest BCUT2D eigenvalue weighted by Crippen LogP contribution is -2.43. The molecule has 0 bridgehead atoms. The van der Waals surface area contributed by atoms with Gasteiger partial charge in [0.05, 0.1) is 10.7 Å². The van der Waals surface area contributed by atoms with Crippen molar-refractivity contribution in [3.05, 3.63) is 61.4 Å². The van der Waals surface area contributed by atoms with Gasteiger partial charge in [0, 0.05) is 34.5 Å². The topological polar surface area (TPSA) is 37.4 Å². The van der Waals surface area contributed by atoms with Gasteiger partial charge in [0.15, 0.2) is 5.78 Å². The molecule has 0 saturated carbocycles. The van der Waals surface area contributed by atoms with Gasteiger partial charge in [0.25, 0.3) is 0 Å². The number of carbonyl (C=O) groups excluding carboxylic acids is 2. The third-order valence-corrected chi connectivity index (χ3v) is 6.74. The number of amides is 1. The first kappa shape index (κ1) is 18.9. The number of thiophene rings is 1. The van der Waals surface area contributed by atoms with Crippen molar-refractivity contribution in [1.29, 1.82) is 0 Å². The van der Waals surface area contributed by atoms with Crippen LogP contribution in [0.1, 0.15) is 44.6 Å². The largest absolute Gasteiger partial charge is 0.294 e. The zero-order valence-electron chi connectivity index (χ0n) is 15.1. The Morgan fingerprint density at radius 1 is 1.22 bits per heavy atom. The molecule has 1 aromatic heterocycles. The highest BCUT2D eigenvalue weighted by Gasteiger charge is 2.44. The molecule has 1 aliphatic heterocycles. The zero-order valence-corrected chi connectivity index (χ0v) is 18.2. The molecule has 4 rings (SSSR count). The molecule has 0 spiro atoms. The fourth-order valence-corrected chi connectivity index (χ4v) is 5.59. The van der Waals surface area contributed by atoms with Crippen LogP contribution in [0.2, 0.25) is 5.02 Å². The third kappa shape index (κ3) is 3.41. The summed E-state index contributed by atoms with van der Waals surface area (Å²) in [4.78, 5) is 28.0. The Bertz CT molecular complexity index is 965. The Morgan fingerprint density at radius 2 is 2.00 bits per heavy atom. The molecule has 2 heterocycles. The number of rotatable bonds is 2. The van der Waals surface area contributed by atoms with Crippen LogP contribution in [0.4, 0.5) is 5.69 Å². The number of benzene rings is 1. The lowest BCUT2D eigenvalue weighted by atomic mass is 9.69. The second-order valence-corrected chi connectivity index (χ2v) is 10.0. The Kier molecular flexibility index (Phi) is 4.81. The molecule has 140 valence electrons. The van der Waals surface area contributed by atoms with Gasteiger partial charge in [-0.3, -0.25) is 14.5 Å². The Labute approximate surface area is 176 Å². The van der Waals surface area contributed by atoms with Crippen LogP contribution in [0.3, 0.4) is 0 Å². The van der Waals surface area contributed by atoms with E-state index < -0.39 is 0 Å². The van der Waals surface area contributed by atoms with Crippen molar-refractivity contribution in [3.63, 3.8) is 0 Å². The van der Waals surface area contributed by atoms with E-state index in [9.17, 15) is 9.59 Å². The van der Waals surface area contributed by atoms with Gasteiger partial charge in [0.2, 0.25) is 5.91 Å². The second kappa shape index (κ2) is 6.87. The monoisotopic (exact) mass is 463 g/mol. The highest BCUT2D eigenvalue weighted by atomic mass is 79.9. The van der Waals surface area contributed by atoms with Crippen molar-refractivity contribution in [1.82, 2.24) is 0 Å². The standard InChI is InChI=1S/C21H19BrClNO2S/c1-21(2)9-17-20(18(25)10-21)14(12-5-6-27-11-12)8-19(26)24(17)16-4-3-13(22)7-15(16)23/h3-7,11,14H,8-10H2,1-2H3. The third-order valence-electron chi connectivity index (χ3n) is 5.24. The van der Waals surface area contributed by atoms with E-state index in [1.165, 1.54) is 0 Å². The molecule has 2 aliphatic rings. The van der Waals surface area contributed by atoms with Crippen molar-refractivity contribution in [2.24, 2.45) is 5.41 Å². The van der Waals surface area contributed by atoms with Crippen molar-refractivity contribution >= 4 is 56.2 Å². The summed E-state index contributed by atoms with van der Waals surface area (Å²) in [5.41, 5.74) is 3.11. The van der Waals surface area contributed by atoms with Crippen LogP contribution in [-0.4, -0.2) is 11.7 Å². The number of allylic oxidation sites excluding steroid dienone is 2. The van der Waals surface area contributed by atoms with Crippen LogP contribution in [0.25, 0.3) is 0 Å². The first-order chi connectivity index (χ1) is 12.8. The Balaban J connectivity index is 1.92. The van der Waals surface area contributed by atoms with Crippen molar-refractivity contribution < 1.29 is 9.59 Å². The smallest absolute Gasteiger partial charge is 0.232 e. The van der Waals surface area contributed by atoms with Crippen molar-refractivity contribution in [2.75, 3.05) is 4.90 Å². The molecule has 1 aliphatic carbocycles. The fourth-order valence-electron chi connectivity index (χ4n) is 4.12. The summed E-state index contributed by atoms with van der Waals surface area (Å²) in [6.45, 7) is 4.16. The molecule has 0 saturated heterocycles. The van der Waals surface area contributed by atoms with Gasteiger partial charge in [-0.1, -0.05) is 41.4 Å². The lowest BCUT2D eigenvalue weighted by Gasteiger charge is -2.43.